The number of hydrogen-bond donors (Lipinski definition) is 1. The lowest BCUT2D eigenvalue weighted by Gasteiger charge is -2.08. The first-order valence-electron chi connectivity index (χ1n) is 5.58. The van der Waals surface area contributed by atoms with Crippen LogP contribution in [-0.4, -0.2) is 4.92 Å². The number of halogens is 3. The zero-order valence-corrected chi connectivity index (χ0v) is 10.1. The van der Waals surface area contributed by atoms with Crippen molar-refractivity contribution < 1.29 is 18.1 Å². The van der Waals surface area contributed by atoms with Crippen LogP contribution in [0, 0.1) is 27.6 Å². The Bertz CT molecular complexity index is 662. The summed E-state index contributed by atoms with van der Waals surface area (Å²) >= 11 is 0. The molecule has 0 fully saturated rings. The van der Waals surface area contributed by atoms with Crippen molar-refractivity contribution in [3.05, 3.63) is 69.5 Å². The van der Waals surface area contributed by atoms with Gasteiger partial charge in [0.05, 0.1) is 16.7 Å². The molecule has 2 aromatic rings. The molecule has 2 aromatic carbocycles. The molecule has 4 nitrogen and oxygen atoms in total. The van der Waals surface area contributed by atoms with Gasteiger partial charge in [0.2, 0.25) is 0 Å². The average Bonchev–Trinajstić information content (AvgIpc) is 2.37. The van der Waals surface area contributed by atoms with E-state index in [-0.39, 0.29) is 23.5 Å². The Kier molecular flexibility index (Phi) is 3.88. The smallest absolute Gasteiger partial charge is 0.272 e. The van der Waals surface area contributed by atoms with Crippen molar-refractivity contribution in [1.29, 1.82) is 0 Å². The van der Waals surface area contributed by atoms with Gasteiger partial charge in [0.15, 0.2) is 0 Å². The molecule has 0 amide bonds. The van der Waals surface area contributed by atoms with Crippen molar-refractivity contribution in [2.75, 3.05) is 5.32 Å². The summed E-state index contributed by atoms with van der Waals surface area (Å²) in [6.07, 6.45) is 0. The predicted octanol–water partition coefficient (Wildman–Crippen LogP) is 3.62. The van der Waals surface area contributed by atoms with Crippen molar-refractivity contribution in [1.82, 2.24) is 0 Å². The van der Waals surface area contributed by atoms with Gasteiger partial charge in [0, 0.05) is 18.7 Å². The quantitative estimate of drug-likeness (QED) is 0.688. The van der Waals surface area contributed by atoms with Crippen LogP contribution in [0.5, 0.6) is 0 Å². The lowest BCUT2D eigenvalue weighted by Crippen LogP contribution is -2.03. The summed E-state index contributed by atoms with van der Waals surface area (Å²) in [4.78, 5) is 9.87. The second-order valence-corrected chi connectivity index (χ2v) is 4.05. The highest BCUT2D eigenvalue weighted by molar-refractivity contribution is 5.46. The molecule has 0 bridgehead atoms. The molecule has 0 spiro atoms. The standard InChI is InChI=1S/C13H9F3N2O2/c14-9-1-2-13(12(16)6-9)17-7-8-3-10(15)5-11(4-8)18(19)20/h1-6,17H,7H2. The number of nitro benzene ring substituents is 1. The van der Waals surface area contributed by atoms with Crippen LogP contribution in [0.15, 0.2) is 36.4 Å². The van der Waals surface area contributed by atoms with E-state index in [0.29, 0.717) is 6.07 Å². The van der Waals surface area contributed by atoms with Crippen molar-refractivity contribution in [3.8, 4) is 0 Å². The monoisotopic (exact) mass is 282 g/mol. The van der Waals surface area contributed by atoms with E-state index in [0.717, 1.165) is 18.2 Å². The van der Waals surface area contributed by atoms with Crippen LogP contribution in [-0.2, 0) is 6.54 Å². The molecule has 0 aliphatic rings. The Hall–Kier alpha value is -2.57. The van der Waals surface area contributed by atoms with Gasteiger partial charge in [-0.25, -0.2) is 13.2 Å². The van der Waals surface area contributed by atoms with Crippen molar-refractivity contribution >= 4 is 11.4 Å². The maximum atomic E-state index is 13.4. The molecule has 0 unspecified atom stereocenters. The molecule has 0 aliphatic carbocycles. The Morgan fingerprint density at radius 1 is 1.05 bits per heavy atom. The minimum absolute atomic E-state index is 0.0262. The molecule has 1 N–H and O–H groups in total. The van der Waals surface area contributed by atoms with Crippen molar-refractivity contribution in [2.45, 2.75) is 6.54 Å². The third-order valence-electron chi connectivity index (χ3n) is 2.57. The van der Waals surface area contributed by atoms with Crippen LogP contribution < -0.4 is 5.32 Å². The van der Waals surface area contributed by atoms with Gasteiger partial charge >= 0.3 is 0 Å². The summed E-state index contributed by atoms with van der Waals surface area (Å²) in [6.45, 7) is -0.0266. The molecular formula is C13H9F3N2O2. The Morgan fingerprint density at radius 3 is 2.45 bits per heavy atom. The zero-order valence-electron chi connectivity index (χ0n) is 10.1. The summed E-state index contributed by atoms with van der Waals surface area (Å²) in [5, 5.41) is 13.2. The third kappa shape index (κ3) is 3.25. The van der Waals surface area contributed by atoms with E-state index in [4.69, 9.17) is 0 Å². The summed E-state index contributed by atoms with van der Waals surface area (Å²) in [6, 6.07) is 6.04. The Balaban J connectivity index is 2.16. The third-order valence-corrected chi connectivity index (χ3v) is 2.57. The summed E-state index contributed by atoms with van der Waals surface area (Å²) < 4.78 is 39.3. The highest BCUT2D eigenvalue weighted by atomic mass is 19.1. The highest BCUT2D eigenvalue weighted by Gasteiger charge is 2.10. The molecule has 0 saturated carbocycles. The van der Waals surface area contributed by atoms with Crippen molar-refractivity contribution in [2.24, 2.45) is 0 Å². The Morgan fingerprint density at radius 2 is 1.80 bits per heavy atom. The van der Waals surface area contributed by atoms with Crippen LogP contribution in [0.3, 0.4) is 0 Å². The molecule has 0 atom stereocenters. The largest absolute Gasteiger partial charge is 0.379 e. The fraction of sp³-hybridized carbons (Fsp3) is 0.0769. The van der Waals surface area contributed by atoms with E-state index < -0.39 is 22.4 Å². The van der Waals surface area contributed by atoms with Gasteiger partial charge in [0.1, 0.15) is 17.5 Å². The van der Waals surface area contributed by atoms with E-state index in [1.165, 1.54) is 12.1 Å². The van der Waals surface area contributed by atoms with E-state index >= 15 is 0 Å². The van der Waals surface area contributed by atoms with Gasteiger partial charge in [0.25, 0.3) is 5.69 Å². The maximum Gasteiger partial charge on any atom is 0.272 e. The van der Waals surface area contributed by atoms with Crippen LogP contribution in [0.2, 0.25) is 0 Å². The van der Waals surface area contributed by atoms with Crippen LogP contribution >= 0.6 is 0 Å². The van der Waals surface area contributed by atoms with Gasteiger partial charge in [-0.1, -0.05) is 0 Å². The minimum Gasteiger partial charge on any atom is -0.379 e. The number of nitrogens with zero attached hydrogens (tertiary/aromatic N) is 1. The topological polar surface area (TPSA) is 55.2 Å². The number of anilines is 1. The van der Waals surface area contributed by atoms with Crippen molar-refractivity contribution in [3.63, 3.8) is 0 Å². The van der Waals surface area contributed by atoms with Gasteiger partial charge in [-0.15, -0.1) is 0 Å². The van der Waals surface area contributed by atoms with Crippen LogP contribution in [0.25, 0.3) is 0 Å². The Labute approximate surface area is 112 Å². The first-order chi connectivity index (χ1) is 9.45. The SMILES string of the molecule is O=[N+]([O-])c1cc(F)cc(CNc2ccc(F)cc2F)c1. The van der Waals surface area contributed by atoms with Crippen LogP contribution in [0.4, 0.5) is 24.5 Å². The highest BCUT2D eigenvalue weighted by Crippen LogP contribution is 2.19. The van der Waals surface area contributed by atoms with E-state index in [1.54, 1.807) is 0 Å². The number of nitrogens with one attached hydrogen (secondary N) is 1. The lowest BCUT2D eigenvalue weighted by molar-refractivity contribution is -0.385. The molecule has 0 radical (unpaired) electrons. The molecule has 0 saturated heterocycles. The van der Waals surface area contributed by atoms with Gasteiger partial charge in [-0.3, -0.25) is 10.1 Å². The number of rotatable bonds is 4. The molecule has 2 rings (SSSR count). The number of benzene rings is 2. The molecular weight excluding hydrogens is 273 g/mol. The average molecular weight is 282 g/mol. The van der Waals surface area contributed by atoms with E-state index in [1.807, 2.05) is 0 Å². The number of hydrogen-bond acceptors (Lipinski definition) is 3. The fourth-order valence-corrected chi connectivity index (χ4v) is 1.67. The lowest BCUT2D eigenvalue weighted by atomic mass is 10.2. The molecule has 104 valence electrons. The van der Waals surface area contributed by atoms with E-state index in [2.05, 4.69) is 5.32 Å². The number of nitro groups is 1. The second-order valence-electron chi connectivity index (χ2n) is 4.05. The summed E-state index contributed by atoms with van der Waals surface area (Å²) in [5.41, 5.74) is -0.0832. The molecule has 0 aliphatic heterocycles. The van der Waals surface area contributed by atoms with Gasteiger partial charge in [-0.2, -0.15) is 0 Å². The first kappa shape index (κ1) is 13.9. The fourth-order valence-electron chi connectivity index (χ4n) is 1.67. The van der Waals surface area contributed by atoms with E-state index in [9.17, 15) is 23.3 Å². The first-order valence-corrected chi connectivity index (χ1v) is 5.58. The summed E-state index contributed by atoms with van der Waals surface area (Å²) in [7, 11) is 0. The van der Waals surface area contributed by atoms with Gasteiger partial charge < -0.3 is 5.32 Å². The zero-order chi connectivity index (χ0) is 14.7. The second kappa shape index (κ2) is 5.60. The maximum absolute atomic E-state index is 13.4. The minimum atomic E-state index is -0.795. The van der Waals surface area contributed by atoms with Crippen LogP contribution in [0.1, 0.15) is 5.56 Å². The molecule has 0 aromatic heterocycles. The number of non-ortho nitro benzene ring substituents is 1. The summed E-state index contributed by atoms with van der Waals surface area (Å²) in [5.74, 6) is -2.26. The normalized spacial score (nSPS) is 10.3. The molecule has 0 heterocycles. The predicted molar refractivity (Wildman–Crippen MR) is 66.7 cm³/mol. The van der Waals surface area contributed by atoms with Gasteiger partial charge in [-0.05, 0) is 23.8 Å². The molecule has 7 heteroatoms. The molecule has 20 heavy (non-hydrogen) atoms.